The molecule has 4 N–H and O–H groups in total. The molecule has 0 aliphatic rings. The van der Waals surface area contributed by atoms with E-state index < -0.39 is 11.6 Å². The van der Waals surface area contributed by atoms with Crippen LogP contribution in [0, 0.1) is 5.92 Å². The first-order valence-corrected chi connectivity index (χ1v) is 6.64. The molecule has 0 bridgehead atoms. The fraction of sp³-hybridized carbons (Fsp3) is 0.923. The molecule has 0 radical (unpaired) electrons. The van der Waals surface area contributed by atoms with Crippen molar-refractivity contribution in [3.63, 3.8) is 0 Å². The zero-order chi connectivity index (χ0) is 13.5. The lowest BCUT2D eigenvalue weighted by molar-refractivity contribution is -0.126. The lowest BCUT2D eigenvalue weighted by Gasteiger charge is -2.25. The van der Waals surface area contributed by atoms with Crippen molar-refractivity contribution < 1.29 is 9.90 Å². The molecule has 1 amide bonds. The summed E-state index contributed by atoms with van der Waals surface area (Å²) in [5.74, 6) is 0.0647. The van der Waals surface area contributed by atoms with Crippen molar-refractivity contribution in [2.75, 3.05) is 6.54 Å². The van der Waals surface area contributed by atoms with E-state index in [0.717, 1.165) is 19.3 Å². The maximum absolute atomic E-state index is 11.8. The topological polar surface area (TPSA) is 75.4 Å². The third-order valence-electron chi connectivity index (χ3n) is 3.35. The van der Waals surface area contributed by atoms with E-state index in [9.17, 15) is 9.90 Å². The van der Waals surface area contributed by atoms with Crippen LogP contribution in [-0.4, -0.2) is 29.2 Å². The third kappa shape index (κ3) is 5.50. The molecule has 0 heterocycles. The number of nitrogens with two attached hydrogens (primary N) is 1. The summed E-state index contributed by atoms with van der Waals surface area (Å²) < 4.78 is 0. The van der Waals surface area contributed by atoms with Gasteiger partial charge in [0.15, 0.2) is 0 Å². The van der Waals surface area contributed by atoms with Gasteiger partial charge >= 0.3 is 0 Å². The van der Waals surface area contributed by atoms with Crippen LogP contribution < -0.4 is 11.1 Å². The molecule has 2 unspecified atom stereocenters. The van der Waals surface area contributed by atoms with E-state index >= 15 is 0 Å². The van der Waals surface area contributed by atoms with Gasteiger partial charge in [0, 0.05) is 6.54 Å². The van der Waals surface area contributed by atoms with Crippen LogP contribution >= 0.6 is 0 Å². The van der Waals surface area contributed by atoms with Crippen molar-refractivity contribution in [2.45, 2.75) is 65.0 Å². The van der Waals surface area contributed by atoms with E-state index in [1.807, 2.05) is 20.8 Å². The Morgan fingerprint density at radius 2 is 1.88 bits per heavy atom. The molecule has 0 aromatic rings. The van der Waals surface area contributed by atoms with E-state index in [1.54, 1.807) is 6.92 Å². The Hall–Kier alpha value is -0.610. The predicted octanol–water partition coefficient (Wildman–Crippen LogP) is 1.42. The first-order chi connectivity index (χ1) is 7.88. The maximum atomic E-state index is 11.8. The smallest absolute Gasteiger partial charge is 0.239 e. The molecule has 2 atom stereocenters. The van der Waals surface area contributed by atoms with Gasteiger partial charge < -0.3 is 16.2 Å². The molecule has 0 aromatic carbocycles. The fourth-order valence-corrected chi connectivity index (χ4v) is 2.03. The number of nitrogens with one attached hydrogen (secondary N) is 1. The minimum Gasteiger partial charge on any atom is -0.391 e. The van der Waals surface area contributed by atoms with Crippen molar-refractivity contribution in [1.82, 2.24) is 5.32 Å². The summed E-state index contributed by atoms with van der Waals surface area (Å²) in [7, 11) is 0. The Bertz CT molecular complexity index is 225. The van der Waals surface area contributed by atoms with Crippen LogP contribution in [0.5, 0.6) is 0 Å². The second-order valence-corrected chi connectivity index (χ2v) is 5.02. The number of carbonyl (C=O) groups excluding carboxylic acids is 1. The Labute approximate surface area is 105 Å². The van der Waals surface area contributed by atoms with E-state index in [-0.39, 0.29) is 11.8 Å². The largest absolute Gasteiger partial charge is 0.391 e. The molecule has 0 aliphatic heterocycles. The number of hydrogen-bond acceptors (Lipinski definition) is 3. The van der Waals surface area contributed by atoms with Gasteiger partial charge in [-0.1, -0.05) is 40.0 Å². The van der Waals surface area contributed by atoms with Gasteiger partial charge in [-0.2, -0.15) is 0 Å². The van der Waals surface area contributed by atoms with Crippen molar-refractivity contribution in [3.05, 3.63) is 0 Å². The van der Waals surface area contributed by atoms with Gasteiger partial charge in [0.1, 0.15) is 0 Å². The lowest BCUT2D eigenvalue weighted by Crippen LogP contribution is -2.53. The number of amides is 1. The molecule has 0 spiro atoms. The second kappa shape index (κ2) is 7.67. The molecule has 4 heteroatoms. The minimum absolute atomic E-state index is 0.177. The number of aliphatic hydroxyl groups is 1. The van der Waals surface area contributed by atoms with Gasteiger partial charge in [-0.15, -0.1) is 0 Å². The Balaban J connectivity index is 4.15. The first-order valence-electron chi connectivity index (χ1n) is 6.64. The number of rotatable bonds is 8. The Kier molecular flexibility index (Phi) is 7.39. The molecular weight excluding hydrogens is 216 g/mol. The number of carbonyl (C=O) groups is 1. The highest BCUT2D eigenvalue weighted by Crippen LogP contribution is 2.13. The van der Waals surface area contributed by atoms with E-state index in [0.29, 0.717) is 13.0 Å². The van der Waals surface area contributed by atoms with Crippen LogP contribution in [0.4, 0.5) is 0 Å². The highest BCUT2D eigenvalue weighted by atomic mass is 16.3. The molecule has 0 rings (SSSR count). The van der Waals surface area contributed by atoms with Crippen LogP contribution in [0.2, 0.25) is 0 Å². The Morgan fingerprint density at radius 3 is 2.29 bits per heavy atom. The number of aliphatic hydroxyl groups excluding tert-OH is 1. The van der Waals surface area contributed by atoms with Crippen molar-refractivity contribution >= 4 is 5.91 Å². The molecule has 102 valence electrons. The highest BCUT2D eigenvalue weighted by Gasteiger charge is 2.27. The van der Waals surface area contributed by atoms with Gasteiger partial charge in [-0.25, -0.2) is 0 Å². The summed E-state index contributed by atoms with van der Waals surface area (Å²) in [6, 6.07) is 0. The first kappa shape index (κ1) is 16.4. The summed E-state index contributed by atoms with van der Waals surface area (Å²) >= 11 is 0. The molecular formula is C13H28N2O2. The van der Waals surface area contributed by atoms with E-state index in [4.69, 9.17) is 5.73 Å². The molecule has 0 saturated carbocycles. The predicted molar refractivity (Wildman–Crippen MR) is 70.6 cm³/mol. The fourth-order valence-electron chi connectivity index (χ4n) is 2.03. The van der Waals surface area contributed by atoms with Crippen molar-refractivity contribution in [2.24, 2.45) is 11.7 Å². The zero-order valence-corrected chi connectivity index (χ0v) is 11.6. The molecule has 0 aliphatic carbocycles. The molecule has 0 fully saturated rings. The molecule has 0 aromatic heterocycles. The zero-order valence-electron chi connectivity index (χ0n) is 11.6. The molecule has 0 saturated heterocycles. The van der Waals surface area contributed by atoms with Crippen molar-refractivity contribution in [3.8, 4) is 0 Å². The van der Waals surface area contributed by atoms with Crippen LogP contribution in [0.3, 0.4) is 0 Å². The van der Waals surface area contributed by atoms with Crippen LogP contribution in [0.25, 0.3) is 0 Å². The summed E-state index contributed by atoms with van der Waals surface area (Å²) in [6.07, 6.45) is 2.88. The van der Waals surface area contributed by atoms with Gasteiger partial charge in [0.25, 0.3) is 0 Å². The number of hydrogen-bond donors (Lipinski definition) is 3. The summed E-state index contributed by atoms with van der Waals surface area (Å²) in [6.45, 7) is 8.11. The Morgan fingerprint density at radius 1 is 1.35 bits per heavy atom. The highest BCUT2D eigenvalue weighted by molar-refractivity contribution is 5.85. The normalized spacial score (nSPS) is 16.6. The van der Waals surface area contributed by atoms with E-state index in [1.165, 1.54) is 0 Å². The molecule has 4 nitrogen and oxygen atoms in total. The summed E-state index contributed by atoms with van der Waals surface area (Å²) in [5.41, 5.74) is 5.07. The monoisotopic (exact) mass is 244 g/mol. The van der Waals surface area contributed by atoms with Gasteiger partial charge in [-0.05, 0) is 19.3 Å². The van der Waals surface area contributed by atoms with Gasteiger partial charge in [-0.3, -0.25) is 4.79 Å². The standard InChI is InChI=1S/C13H28N2O2/c1-5-8-13(4,14)12(17)15-9-11(16)10(6-2)7-3/h10-11,16H,5-9,14H2,1-4H3,(H,15,17). The maximum Gasteiger partial charge on any atom is 0.239 e. The SMILES string of the molecule is CCCC(C)(N)C(=O)NCC(O)C(CC)CC. The third-order valence-corrected chi connectivity index (χ3v) is 3.35. The lowest BCUT2D eigenvalue weighted by atomic mass is 9.94. The molecule has 17 heavy (non-hydrogen) atoms. The van der Waals surface area contributed by atoms with Crippen LogP contribution in [0.1, 0.15) is 53.4 Å². The van der Waals surface area contributed by atoms with E-state index in [2.05, 4.69) is 5.32 Å². The average Bonchev–Trinajstić information content (AvgIpc) is 2.27. The minimum atomic E-state index is -0.831. The van der Waals surface area contributed by atoms with Gasteiger partial charge in [0.05, 0.1) is 11.6 Å². The second-order valence-electron chi connectivity index (χ2n) is 5.02. The van der Waals surface area contributed by atoms with Crippen molar-refractivity contribution in [1.29, 1.82) is 0 Å². The van der Waals surface area contributed by atoms with Crippen LogP contribution in [0.15, 0.2) is 0 Å². The quantitative estimate of drug-likeness (QED) is 0.604. The summed E-state index contributed by atoms with van der Waals surface area (Å²) in [4.78, 5) is 11.8. The summed E-state index contributed by atoms with van der Waals surface area (Å²) in [5, 5.41) is 12.6. The van der Waals surface area contributed by atoms with Crippen LogP contribution in [-0.2, 0) is 4.79 Å². The average molecular weight is 244 g/mol. The van der Waals surface area contributed by atoms with Gasteiger partial charge in [0.2, 0.25) is 5.91 Å².